The number of nitrogens with two attached hydrogens (primary N) is 1. The molecule has 232 valence electrons. The van der Waals surface area contributed by atoms with Crippen molar-refractivity contribution in [1.82, 2.24) is 5.32 Å². The fourth-order valence-electron chi connectivity index (χ4n) is 4.37. The summed E-state index contributed by atoms with van der Waals surface area (Å²) in [5.41, 5.74) is 7.84. The lowest BCUT2D eigenvalue weighted by atomic mass is 9.98. The minimum absolute atomic E-state index is 0.113. The molecule has 2 amide bonds. The highest BCUT2D eigenvalue weighted by atomic mass is 19.4. The van der Waals surface area contributed by atoms with Gasteiger partial charge < -0.3 is 25.9 Å². The van der Waals surface area contributed by atoms with E-state index >= 15 is 0 Å². The van der Waals surface area contributed by atoms with Crippen LogP contribution in [0.3, 0.4) is 0 Å². The number of carboxylic acids is 1. The van der Waals surface area contributed by atoms with Gasteiger partial charge in [-0.1, -0.05) is 67.6 Å². The molecule has 1 heterocycles. The molecule has 0 saturated carbocycles. The SMILES string of the molecule is CCCNC(=O)C(N)c1ccccc1.O=C(O)c1cc2cc(NC(=O)c3ccccc3-c3ccc(C(F)(F)F)cc3)ccc2o1. The number of hydrogen-bond acceptors (Lipinski definition) is 5. The maximum Gasteiger partial charge on any atom is 0.416 e. The molecular formula is C34H30F3N3O5. The molecule has 1 unspecified atom stereocenters. The van der Waals surface area contributed by atoms with Crippen LogP contribution in [0.2, 0.25) is 0 Å². The normalized spacial score (nSPS) is 11.7. The van der Waals surface area contributed by atoms with Crippen LogP contribution in [-0.2, 0) is 11.0 Å². The van der Waals surface area contributed by atoms with Crippen molar-refractivity contribution in [1.29, 1.82) is 0 Å². The maximum absolute atomic E-state index is 12.9. The topological polar surface area (TPSA) is 135 Å². The van der Waals surface area contributed by atoms with E-state index in [1.54, 1.807) is 42.5 Å². The summed E-state index contributed by atoms with van der Waals surface area (Å²) in [6, 6.07) is 26.0. The van der Waals surface area contributed by atoms with Crippen LogP contribution in [0.25, 0.3) is 22.1 Å². The van der Waals surface area contributed by atoms with Crippen molar-refractivity contribution in [2.75, 3.05) is 11.9 Å². The lowest BCUT2D eigenvalue weighted by Gasteiger charge is -2.12. The molecular weight excluding hydrogens is 587 g/mol. The molecule has 0 radical (unpaired) electrons. The van der Waals surface area contributed by atoms with Crippen molar-refractivity contribution in [3.05, 3.63) is 126 Å². The van der Waals surface area contributed by atoms with Gasteiger partial charge in [-0.2, -0.15) is 13.2 Å². The summed E-state index contributed by atoms with van der Waals surface area (Å²) in [4.78, 5) is 35.4. The average molecular weight is 618 g/mol. The predicted molar refractivity (Wildman–Crippen MR) is 165 cm³/mol. The van der Waals surface area contributed by atoms with Crippen LogP contribution >= 0.6 is 0 Å². The molecule has 4 aromatic carbocycles. The van der Waals surface area contributed by atoms with Crippen molar-refractivity contribution in [3.63, 3.8) is 0 Å². The van der Waals surface area contributed by atoms with Gasteiger partial charge in [0, 0.05) is 23.2 Å². The highest BCUT2D eigenvalue weighted by Gasteiger charge is 2.30. The summed E-state index contributed by atoms with van der Waals surface area (Å²) in [7, 11) is 0. The largest absolute Gasteiger partial charge is 0.475 e. The third-order valence-electron chi connectivity index (χ3n) is 6.67. The smallest absolute Gasteiger partial charge is 0.416 e. The Bertz CT molecular complexity index is 1780. The number of nitrogens with one attached hydrogen (secondary N) is 2. The molecule has 0 fully saturated rings. The molecule has 1 atom stereocenters. The van der Waals surface area contributed by atoms with Gasteiger partial charge in [-0.25, -0.2) is 4.79 Å². The number of amides is 2. The summed E-state index contributed by atoms with van der Waals surface area (Å²) in [6.07, 6.45) is -3.52. The number of alkyl halides is 3. The molecule has 5 aromatic rings. The lowest BCUT2D eigenvalue weighted by Crippen LogP contribution is -2.34. The van der Waals surface area contributed by atoms with E-state index in [9.17, 15) is 27.6 Å². The Hall–Kier alpha value is -5.42. The van der Waals surface area contributed by atoms with Gasteiger partial charge in [-0.15, -0.1) is 0 Å². The van der Waals surface area contributed by atoms with E-state index in [0.717, 1.165) is 24.1 Å². The highest BCUT2D eigenvalue weighted by molar-refractivity contribution is 6.09. The Labute approximate surface area is 256 Å². The molecule has 0 aliphatic rings. The minimum atomic E-state index is -4.44. The van der Waals surface area contributed by atoms with Crippen molar-refractivity contribution < 1.29 is 37.1 Å². The van der Waals surface area contributed by atoms with Crippen LogP contribution in [0.4, 0.5) is 18.9 Å². The average Bonchev–Trinajstić information content (AvgIpc) is 3.48. The van der Waals surface area contributed by atoms with E-state index in [-0.39, 0.29) is 17.2 Å². The van der Waals surface area contributed by atoms with Gasteiger partial charge in [0.15, 0.2) is 0 Å². The number of aromatic carboxylic acids is 1. The fraction of sp³-hybridized carbons (Fsp3) is 0.147. The molecule has 8 nitrogen and oxygen atoms in total. The molecule has 0 saturated heterocycles. The van der Waals surface area contributed by atoms with Crippen molar-refractivity contribution in [2.45, 2.75) is 25.6 Å². The van der Waals surface area contributed by atoms with Crippen molar-refractivity contribution in [2.24, 2.45) is 5.73 Å². The van der Waals surface area contributed by atoms with E-state index in [0.29, 0.717) is 34.3 Å². The number of halogens is 3. The van der Waals surface area contributed by atoms with Gasteiger partial charge in [0.1, 0.15) is 11.6 Å². The number of carbonyl (C=O) groups is 3. The van der Waals surface area contributed by atoms with Gasteiger partial charge in [0.05, 0.1) is 5.56 Å². The molecule has 1 aromatic heterocycles. The van der Waals surface area contributed by atoms with Crippen LogP contribution < -0.4 is 16.4 Å². The summed E-state index contributed by atoms with van der Waals surface area (Å²) in [5.74, 6) is -1.99. The Morgan fingerprint density at radius 2 is 1.56 bits per heavy atom. The number of benzene rings is 4. The third-order valence-corrected chi connectivity index (χ3v) is 6.67. The number of fused-ring (bicyclic) bond motifs is 1. The fourth-order valence-corrected chi connectivity index (χ4v) is 4.37. The first-order chi connectivity index (χ1) is 21.5. The van der Waals surface area contributed by atoms with Crippen LogP contribution in [-0.4, -0.2) is 29.4 Å². The second-order valence-corrected chi connectivity index (χ2v) is 9.92. The van der Waals surface area contributed by atoms with Crippen molar-refractivity contribution in [3.8, 4) is 11.1 Å². The molecule has 5 N–H and O–H groups in total. The molecule has 11 heteroatoms. The number of carbonyl (C=O) groups excluding carboxylic acids is 2. The van der Waals surface area contributed by atoms with E-state index < -0.39 is 29.7 Å². The Balaban J connectivity index is 0.000000276. The van der Waals surface area contributed by atoms with Crippen LogP contribution in [0, 0.1) is 0 Å². The predicted octanol–water partition coefficient (Wildman–Crippen LogP) is 7.28. The van der Waals surface area contributed by atoms with Gasteiger partial charge in [0.25, 0.3) is 5.91 Å². The monoisotopic (exact) mass is 617 g/mol. The van der Waals surface area contributed by atoms with Gasteiger partial charge >= 0.3 is 12.1 Å². The maximum atomic E-state index is 12.9. The zero-order valence-corrected chi connectivity index (χ0v) is 24.1. The minimum Gasteiger partial charge on any atom is -0.475 e. The quantitative estimate of drug-likeness (QED) is 0.145. The van der Waals surface area contributed by atoms with Gasteiger partial charge in [-0.3, -0.25) is 9.59 Å². The van der Waals surface area contributed by atoms with Crippen LogP contribution in [0.15, 0.2) is 108 Å². The number of rotatable bonds is 8. The number of furan rings is 1. The molecule has 0 aliphatic heterocycles. The molecule has 0 spiro atoms. The Morgan fingerprint density at radius 1 is 0.889 bits per heavy atom. The zero-order chi connectivity index (χ0) is 32.6. The third kappa shape index (κ3) is 8.36. The molecule has 5 rings (SSSR count). The second kappa shape index (κ2) is 14.4. The van der Waals surface area contributed by atoms with E-state index in [2.05, 4.69) is 10.6 Å². The van der Waals surface area contributed by atoms with Crippen LogP contribution in [0.1, 0.15) is 51.4 Å². The second-order valence-electron chi connectivity index (χ2n) is 9.92. The lowest BCUT2D eigenvalue weighted by molar-refractivity contribution is -0.137. The van der Waals surface area contributed by atoms with Crippen molar-refractivity contribution >= 4 is 34.4 Å². The van der Waals surface area contributed by atoms with E-state index in [4.69, 9.17) is 15.3 Å². The summed E-state index contributed by atoms with van der Waals surface area (Å²) in [5, 5.41) is 15.0. The van der Waals surface area contributed by atoms with E-state index in [1.807, 2.05) is 37.3 Å². The summed E-state index contributed by atoms with van der Waals surface area (Å²) >= 11 is 0. The molecule has 0 aliphatic carbocycles. The number of anilines is 1. The number of hydrogen-bond donors (Lipinski definition) is 4. The Kier molecular flexibility index (Phi) is 10.4. The standard InChI is InChI=1S/C23H14F3NO4.C11H16N2O/c24-23(25,26)15-7-5-13(6-8-15)17-3-1-2-4-18(17)21(28)27-16-9-10-19-14(11-16)12-20(31-19)22(29)30;1-2-8-13-11(14)10(12)9-6-4-3-5-7-9/h1-12H,(H,27,28)(H,29,30);3-7,10H,2,8,12H2,1H3,(H,13,14). The number of carboxylic acid groups (broad SMARTS) is 1. The Morgan fingerprint density at radius 3 is 2.20 bits per heavy atom. The molecule has 45 heavy (non-hydrogen) atoms. The van der Waals surface area contributed by atoms with Crippen LogP contribution in [0.5, 0.6) is 0 Å². The summed E-state index contributed by atoms with van der Waals surface area (Å²) in [6.45, 7) is 2.69. The highest BCUT2D eigenvalue weighted by Crippen LogP contribution is 2.32. The zero-order valence-electron chi connectivity index (χ0n) is 24.1. The van der Waals surface area contributed by atoms with E-state index in [1.165, 1.54) is 18.2 Å². The summed E-state index contributed by atoms with van der Waals surface area (Å²) < 4.78 is 43.7. The molecule has 0 bridgehead atoms. The first-order valence-corrected chi connectivity index (χ1v) is 13.9. The first kappa shape index (κ1) is 32.5. The van der Waals surface area contributed by atoms with Gasteiger partial charge in [-0.05, 0) is 65.6 Å². The first-order valence-electron chi connectivity index (χ1n) is 13.9. The van der Waals surface area contributed by atoms with Gasteiger partial charge in [0.2, 0.25) is 11.7 Å².